The quantitative estimate of drug-likeness (QED) is 0.547. The summed E-state index contributed by atoms with van der Waals surface area (Å²) < 4.78 is 0. The highest BCUT2D eigenvalue weighted by Crippen LogP contribution is 2.20. The Labute approximate surface area is 99.2 Å². The van der Waals surface area contributed by atoms with E-state index in [4.69, 9.17) is 6.42 Å². The first-order valence-electron chi connectivity index (χ1n) is 6.51. The molecular formula is C13H23N3. The summed E-state index contributed by atoms with van der Waals surface area (Å²) in [5.41, 5.74) is 0. The molecule has 0 aliphatic carbocycles. The molecule has 0 saturated carbocycles. The number of rotatable bonds is 4. The summed E-state index contributed by atoms with van der Waals surface area (Å²) in [6, 6.07) is 0.829. The Morgan fingerprint density at radius 2 is 2.19 bits per heavy atom. The Balaban J connectivity index is 1.67. The standard InChI is InChI=1S/C13H23N3/c1-2-6-14-7-9-15-10-11-16-8-4-3-5-13(16)12-15/h1,13-14H,3-12H2. The van der Waals surface area contributed by atoms with Gasteiger partial charge in [0.05, 0.1) is 6.54 Å². The van der Waals surface area contributed by atoms with Crippen LogP contribution in [-0.2, 0) is 0 Å². The topological polar surface area (TPSA) is 18.5 Å². The van der Waals surface area contributed by atoms with Gasteiger partial charge in [0, 0.05) is 38.8 Å². The van der Waals surface area contributed by atoms with E-state index in [9.17, 15) is 0 Å². The predicted octanol–water partition coefficient (Wildman–Crippen LogP) is 0.379. The van der Waals surface area contributed by atoms with Crippen LogP contribution in [0.15, 0.2) is 0 Å². The molecule has 0 aromatic rings. The number of nitrogens with one attached hydrogen (secondary N) is 1. The number of hydrogen-bond acceptors (Lipinski definition) is 3. The van der Waals surface area contributed by atoms with E-state index in [2.05, 4.69) is 21.0 Å². The van der Waals surface area contributed by atoms with Crippen molar-refractivity contribution in [1.29, 1.82) is 0 Å². The molecule has 1 unspecified atom stereocenters. The lowest BCUT2D eigenvalue weighted by Gasteiger charge is -2.44. The van der Waals surface area contributed by atoms with Gasteiger partial charge in [0.15, 0.2) is 0 Å². The maximum atomic E-state index is 5.20. The van der Waals surface area contributed by atoms with Crippen LogP contribution in [0.5, 0.6) is 0 Å². The molecule has 1 N–H and O–H groups in total. The zero-order valence-corrected chi connectivity index (χ0v) is 10.1. The third kappa shape index (κ3) is 3.21. The molecule has 2 fully saturated rings. The Bertz CT molecular complexity index is 246. The van der Waals surface area contributed by atoms with E-state index in [1.54, 1.807) is 0 Å². The van der Waals surface area contributed by atoms with Crippen LogP contribution < -0.4 is 5.32 Å². The molecule has 2 rings (SSSR count). The second-order valence-corrected chi connectivity index (χ2v) is 4.87. The van der Waals surface area contributed by atoms with Crippen molar-refractivity contribution in [3.63, 3.8) is 0 Å². The van der Waals surface area contributed by atoms with Gasteiger partial charge in [-0.1, -0.05) is 12.3 Å². The summed E-state index contributed by atoms with van der Waals surface area (Å²) in [4.78, 5) is 5.25. The molecule has 2 saturated heterocycles. The Kier molecular flexibility index (Phi) is 4.65. The van der Waals surface area contributed by atoms with Crippen molar-refractivity contribution in [2.24, 2.45) is 0 Å². The lowest BCUT2D eigenvalue weighted by molar-refractivity contribution is 0.0501. The molecule has 2 heterocycles. The van der Waals surface area contributed by atoms with Crippen molar-refractivity contribution >= 4 is 0 Å². The van der Waals surface area contributed by atoms with E-state index in [0.29, 0.717) is 6.54 Å². The Morgan fingerprint density at radius 3 is 3.06 bits per heavy atom. The van der Waals surface area contributed by atoms with Crippen LogP contribution in [0.25, 0.3) is 0 Å². The van der Waals surface area contributed by atoms with Crippen LogP contribution >= 0.6 is 0 Å². The minimum Gasteiger partial charge on any atom is -0.305 e. The average molecular weight is 221 g/mol. The fraction of sp³-hybridized carbons (Fsp3) is 0.846. The highest BCUT2D eigenvalue weighted by molar-refractivity contribution is 4.87. The average Bonchev–Trinajstić information content (AvgIpc) is 2.34. The van der Waals surface area contributed by atoms with Crippen LogP contribution in [-0.4, -0.2) is 61.7 Å². The van der Waals surface area contributed by atoms with Crippen molar-refractivity contribution in [3.8, 4) is 12.3 Å². The molecule has 2 aliphatic rings. The maximum Gasteiger partial charge on any atom is 0.0574 e. The van der Waals surface area contributed by atoms with Crippen LogP contribution in [0.1, 0.15) is 19.3 Å². The van der Waals surface area contributed by atoms with Gasteiger partial charge in [-0.15, -0.1) is 6.42 Å². The molecule has 1 atom stereocenters. The van der Waals surface area contributed by atoms with Crippen LogP contribution in [0.4, 0.5) is 0 Å². The van der Waals surface area contributed by atoms with Crippen molar-refractivity contribution in [1.82, 2.24) is 15.1 Å². The number of fused-ring (bicyclic) bond motifs is 1. The van der Waals surface area contributed by atoms with E-state index in [0.717, 1.165) is 19.1 Å². The van der Waals surface area contributed by atoms with Crippen molar-refractivity contribution in [2.75, 3.05) is 45.8 Å². The second-order valence-electron chi connectivity index (χ2n) is 4.87. The summed E-state index contributed by atoms with van der Waals surface area (Å²) in [5.74, 6) is 2.61. The molecular weight excluding hydrogens is 198 g/mol. The number of nitrogens with zero attached hydrogens (tertiary/aromatic N) is 2. The van der Waals surface area contributed by atoms with E-state index >= 15 is 0 Å². The van der Waals surface area contributed by atoms with Gasteiger partial charge in [-0.3, -0.25) is 9.80 Å². The monoisotopic (exact) mass is 221 g/mol. The minimum absolute atomic E-state index is 0.698. The van der Waals surface area contributed by atoms with Crippen LogP contribution in [0.3, 0.4) is 0 Å². The Hall–Kier alpha value is -0.560. The van der Waals surface area contributed by atoms with Crippen molar-refractivity contribution in [2.45, 2.75) is 25.3 Å². The third-order valence-corrected chi connectivity index (χ3v) is 3.75. The maximum absolute atomic E-state index is 5.20. The number of hydrogen-bond donors (Lipinski definition) is 1. The summed E-state index contributed by atoms with van der Waals surface area (Å²) in [6.07, 6.45) is 9.42. The van der Waals surface area contributed by atoms with E-state index < -0.39 is 0 Å². The predicted molar refractivity (Wildman–Crippen MR) is 67.4 cm³/mol. The zero-order chi connectivity index (χ0) is 11.2. The minimum atomic E-state index is 0.698. The molecule has 0 spiro atoms. The molecule has 3 nitrogen and oxygen atoms in total. The van der Waals surface area contributed by atoms with Crippen molar-refractivity contribution < 1.29 is 0 Å². The highest BCUT2D eigenvalue weighted by atomic mass is 15.3. The van der Waals surface area contributed by atoms with E-state index in [-0.39, 0.29) is 0 Å². The molecule has 90 valence electrons. The van der Waals surface area contributed by atoms with Gasteiger partial charge in [0.2, 0.25) is 0 Å². The third-order valence-electron chi connectivity index (χ3n) is 3.75. The molecule has 0 bridgehead atoms. The second kappa shape index (κ2) is 6.24. The van der Waals surface area contributed by atoms with Gasteiger partial charge < -0.3 is 5.32 Å². The first kappa shape index (κ1) is 11.9. The smallest absolute Gasteiger partial charge is 0.0574 e. The van der Waals surface area contributed by atoms with Crippen molar-refractivity contribution in [3.05, 3.63) is 0 Å². The SMILES string of the molecule is C#CCNCCN1CCN2CCCCC2C1. The Morgan fingerprint density at radius 1 is 1.25 bits per heavy atom. The number of piperazine rings is 1. The molecule has 0 aromatic carbocycles. The summed E-state index contributed by atoms with van der Waals surface area (Å²) in [5, 5.41) is 3.26. The first-order chi connectivity index (χ1) is 7.90. The zero-order valence-electron chi connectivity index (χ0n) is 10.1. The summed E-state index contributed by atoms with van der Waals surface area (Å²) in [7, 11) is 0. The highest BCUT2D eigenvalue weighted by Gasteiger charge is 2.28. The summed E-state index contributed by atoms with van der Waals surface area (Å²) >= 11 is 0. The molecule has 0 aromatic heterocycles. The molecule has 0 amide bonds. The van der Waals surface area contributed by atoms with E-state index in [1.165, 1.54) is 45.4 Å². The fourth-order valence-electron chi connectivity index (χ4n) is 2.82. The fourth-order valence-corrected chi connectivity index (χ4v) is 2.82. The number of piperidine rings is 1. The molecule has 3 heteroatoms. The van der Waals surface area contributed by atoms with Gasteiger partial charge in [-0.2, -0.15) is 0 Å². The largest absolute Gasteiger partial charge is 0.305 e. The van der Waals surface area contributed by atoms with Gasteiger partial charge >= 0.3 is 0 Å². The lowest BCUT2D eigenvalue weighted by atomic mass is 9.99. The summed E-state index contributed by atoms with van der Waals surface area (Å²) in [6.45, 7) is 7.95. The number of terminal acetylenes is 1. The molecule has 16 heavy (non-hydrogen) atoms. The molecule has 0 radical (unpaired) electrons. The van der Waals surface area contributed by atoms with E-state index in [1.807, 2.05) is 0 Å². The van der Waals surface area contributed by atoms with Gasteiger partial charge in [0.25, 0.3) is 0 Å². The normalized spacial score (nSPS) is 27.3. The lowest BCUT2D eigenvalue weighted by Crippen LogP contribution is -2.55. The van der Waals surface area contributed by atoms with Crippen LogP contribution in [0, 0.1) is 12.3 Å². The molecule has 2 aliphatic heterocycles. The van der Waals surface area contributed by atoms with Gasteiger partial charge in [-0.25, -0.2) is 0 Å². The first-order valence-corrected chi connectivity index (χ1v) is 6.51. The van der Waals surface area contributed by atoms with Gasteiger partial charge in [-0.05, 0) is 19.4 Å². The van der Waals surface area contributed by atoms with Gasteiger partial charge in [0.1, 0.15) is 0 Å². The van der Waals surface area contributed by atoms with Crippen LogP contribution in [0.2, 0.25) is 0 Å².